The van der Waals surface area contributed by atoms with Crippen LogP contribution in [0, 0.1) is 0 Å². The average molecular weight is 273 g/mol. The van der Waals surface area contributed by atoms with Crippen LogP contribution in [-0.4, -0.2) is 41.0 Å². The summed E-state index contributed by atoms with van der Waals surface area (Å²) in [6, 6.07) is 3.94. The highest BCUT2D eigenvalue weighted by molar-refractivity contribution is 5.95. The summed E-state index contributed by atoms with van der Waals surface area (Å²) in [7, 11) is 3.53. The monoisotopic (exact) mass is 273 g/mol. The summed E-state index contributed by atoms with van der Waals surface area (Å²) in [5, 5.41) is 0. The minimum atomic E-state index is -0.343. The zero-order valence-corrected chi connectivity index (χ0v) is 11.9. The number of aromatic nitrogens is 2. The Kier molecular flexibility index (Phi) is 3.44. The number of rotatable bonds is 2. The van der Waals surface area contributed by atoms with Gasteiger partial charge in [0.2, 0.25) is 0 Å². The first-order valence-electron chi connectivity index (χ1n) is 6.97. The minimum Gasteiger partial charge on any atom is -0.465 e. The van der Waals surface area contributed by atoms with E-state index in [1.165, 1.54) is 20.0 Å². The molecule has 0 bridgehead atoms. The van der Waals surface area contributed by atoms with Crippen molar-refractivity contribution in [2.24, 2.45) is 0 Å². The number of ether oxygens (including phenoxy) is 1. The molecule has 1 aliphatic rings. The van der Waals surface area contributed by atoms with E-state index in [1.807, 2.05) is 22.9 Å². The van der Waals surface area contributed by atoms with Crippen molar-refractivity contribution < 1.29 is 9.53 Å². The molecule has 0 aliphatic carbocycles. The fourth-order valence-corrected chi connectivity index (χ4v) is 2.91. The lowest BCUT2D eigenvalue weighted by atomic mass is 10.0. The van der Waals surface area contributed by atoms with Crippen molar-refractivity contribution in [2.45, 2.75) is 25.3 Å². The Morgan fingerprint density at radius 3 is 3.05 bits per heavy atom. The van der Waals surface area contributed by atoms with Gasteiger partial charge in [-0.05, 0) is 38.6 Å². The highest BCUT2D eigenvalue weighted by atomic mass is 16.5. The van der Waals surface area contributed by atoms with Crippen molar-refractivity contribution in [3.63, 3.8) is 0 Å². The van der Waals surface area contributed by atoms with Crippen LogP contribution in [0.5, 0.6) is 0 Å². The highest BCUT2D eigenvalue weighted by Gasteiger charge is 2.24. The van der Waals surface area contributed by atoms with E-state index in [9.17, 15) is 4.79 Å². The molecule has 5 heteroatoms. The first kappa shape index (κ1) is 13.1. The third-order valence-electron chi connectivity index (χ3n) is 4.02. The number of esters is 1. The Morgan fingerprint density at radius 1 is 1.45 bits per heavy atom. The van der Waals surface area contributed by atoms with Gasteiger partial charge in [0.1, 0.15) is 5.56 Å². The molecule has 0 N–H and O–H groups in total. The standard InChI is InChI=1S/C15H19N3O2/c1-17-8-4-3-7-13(17)12-10-18-9-5-6-11(14(18)16-12)15(19)20-2/h5-6,9-10,13H,3-4,7-8H2,1-2H3. The van der Waals surface area contributed by atoms with Crippen LogP contribution in [0.3, 0.4) is 0 Å². The first-order valence-corrected chi connectivity index (χ1v) is 6.97. The van der Waals surface area contributed by atoms with E-state index in [-0.39, 0.29) is 5.97 Å². The average Bonchev–Trinajstić information content (AvgIpc) is 2.90. The zero-order chi connectivity index (χ0) is 14.1. The number of carbonyl (C=O) groups excluding carboxylic acids is 1. The van der Waals surface area contributed by atoms with E-state index >= 15 is 0 Å². The van der Waals surface area contributed by atoms with Gasteiger partial charge in [0, 0.05) is 12.4 Å². The number of piperidine rings is 1. The predicted octanol–water partition coefficient (Wildman–Crippen LogP) is 2.28. The van der Waals surface area contributed by atoms with Gasteiger partial charge in [-0.25, -0.2) is 9.78 Å². The van der Waals surface area contributed by atoms with Gasteiger partial charge in [-0.2, -0.15) is 0 Å². The van der Waals surface area contributed by atoms with E-state index in [1.54, 1.807) is 6.07 Å². The Bertz CT molecular complexity index is 635. The summed E-state index contributed by atoms with van der Waals surface area (Å²) in [6.45, 7) is 1.10. The maximum atomic E-state index is 11.8. The third-order valence-corrected chi connectivity index (χ3v) is 4.02. The molecule has 2 aromatic rings. The van der Waals surface area contributed by atoms with Crippen LogP contribution in [0.4, 0.5) is 0 Å². The second kappa shape index (κ2) is 5.25. The molecular formula is C15H19N3O2. The topological polar surface area (TPSA) is 46.8 Å². The SMILES string of the molecule is COC(=O)c1cccn2cc(C3CCCCN3C)nc12. The van der Waals surface area contributed by atoms with E-state index in [4.69, 9.17) is 4.74 Å². The molecule has 1 saturated heterocycles. The van der Waals surface area contributed by atoms with Crippen LogP contribution in [0.2, 0.25) is 0 Å². The van der Waals surface area contributed by atoms with E-state index in [2.05, 4.69) is 16.9 Å². The normalized spacial score (nSPS) is 20.2. The molecule has 5 nitrogen and oxygen atoms in total. The molecule has 0 aromatic carbocycles. The molecule has 106 valence electrons. The lowest BCUT2D eigenvalue weighted by Gasteiger charge is -2.31. The number of hydrogen-bond acceptors (Lipinski definition) is 4. The van der Waals surface area contributed by atoms with Crippen LogP contribution in [0.15, 0.2) is 24.5 Å². The van der Waals surface area contributed by atoms with Crippen LogP contribution in [0.1, 0.15) is 41.4 Å². The first-order chi connectivity index (χ1) is 9.70. The number of nitrogens with zero attached hydrogens (tertiary/aromatic N) is 3. The van der Waals surface area contributed by atoms with Crippen LogP contribution < -0.4 is 0 Å². The summed E-state index contributed by atoms with van der Waals surface area (Å²) in [4.78, 5) is 18.8. The lowest BCUT2D eigenvalue weighted by molar-refractivity contribution is 0.0602. The summed E-state index contributed by atoms with van der Waals surface area (Å²) in [6.07, 6.45) is 7.53. The summed E-state index contributed by atoms with van der Waals surface area (Å²) in [5.41, 5.74) is 2.22. The number of hydrogen-bond donors (Lipinski definition) is 0. The molecule has 0 spiro atoms. The van der Waals surface area contributed by atoms with E-state index in [0.29, 0.717) is 17.3 Å². The summed E-state index contributed by atoms with van der Waals surface area (Å²) < 4.78 is 6.72. The third kappa shape index (κ3) is 2.18. The second-order valence-electron chi connectivity index (χ2n) is 5.30. The minimum absolute atomic E-state index is 0.342. The van der Waals surface area contributed by atoms with Crippen LogP contribution in [0.25, 0.3) is 5.65 Å². The number of pyridine rings is 1. The molecule has 1 atom stereocenters. The molecule has 0 amide bonds. The molecule has 2 aromatic heterocycles. The molecule has 20 heavy (non-hydrogen) atoms. The maximum absolute atomic E-state index is 11.8. The lowest BCUT2D eigenvalue weighted by Crippen LogP contribution is -2.29. The molecule has 0 saturated carbocycles. The summed E-state index contributed by atoms with van der Waals surface area (Å²) >= 11 is 0. The number of carbonyl (C=O) groups is 1. The van der Waals surface area contributed by atoms with Crippen molar-refractivity contribution in [3.8, 4) is 0 Å². The molecular weight excluding hydrogens is 254 g/mol. The largest absolute Gasteiger partial charge is 0.465 e. The molecule has 3 heterocycles. The smallest absolute Gasteiger partial charge is 0.341 e. The van der Waals surface area contributed by atoms with Gasteiger partial charge in [-0.1, -0.05) is 6.42 Å². The van der Waals surface area contributed by atoms with Gasteiger partial charge in [0.05, 0.1) is 18.8 Å². The second-order valence-corrected chi connectivity index (χ2v) is 5.30. The number of methoxy groups -OCH3 is 1. The maximum Gasteiger partial charge on any atom is 0.341 e. The molecule has 3 rings (SSSR count). The fraction of sp³-hybridized carbons (Fsp3) is 0.467. The zero-order valence-electron chi connectivity index (χ0n) is 11.9. The van der Waals surface area contributed by atoms with E-state index in [0.717, 1.165) is 18.7 Å². The van der Waals surface area contributed by atoms with Gasteiger partial charge in [-0.3, -0.25) is 4.90 Å². The Morgan fingerprint density at radius 2 is 2.30 bits per heavy atom. The van der Waals surface area contributed by atoms with Crippen LogP contribution in [-0.2, 0) is 4.74 Å². The Hall–Kier alpha value is -1.88. The Balaban J connectivity index is 2.04. The number of likely N-dealkylation sites (tertiary alicyclic amines) is 1. The molecule has 1 unspecified atom stereocenters. The fourth-order valence-electron chi connectivity index (χ4n) is 2.91. The number of imidazole rings is 1. The van der Waals surface area contributed by atoms with Gasteiger partial charge < -0.3 is 9.14 Å². The van der Waals surface area contributed by atoms with Crippen molar-refractivity contribution in [1.29, 1.82) is 0 Å². The van der Waals surface area contributed by atoms with Gasteiger partial charge >= 0.3 is 5.97 Å². The van der Waals surface area contributed by atoms with E-state index < -0.39 is 0 Å². The molecule has 0 radical (unpaired) electrons. The highest BCUT2D eigenvalue weighted by Crippen LogP contribution is 2.29. The predicted molar refractivity (Wildman–Crippen MR) is 75.8 cm³/mol. The van der Waals surface area contributed by atoms with Gasteiger partial charge in [-0.15, -0.1) is 0 Å². The number of fused-ring (bicyclic) bond motifs is 1. The van der Waals surface area contributed by atoms with Gasteiger partial charge in [0.15, 0.2) is 5.65 Å². The van der Waals surface area contributed by atoms with Gasteiger partial charge in [0.25, 0.3) is 0 Å². The molecule has 1 aliphatic heterocycles. The Labute approximate surface area is 118 Å². The van der Waals surface area contributed by atoms with Crippen molar-refractivity contribution in [1.82, 2.24) is 14.3 Å². The summed E-state index contributed by atoms with van der Waals surface area (Å²) in [5.74, 6) is -0.343. The van der Waals surface area contributed by atoms with Crippen molar-refractivity contribution >= 4 is 11.6 Å². The van der Waals surface area contributed by atoms with Crippen LogP contribution >= 0.6 is 0 Å². The quantitative estimate of drug-likeness (QED) is 0.788. The molecule has 1 fully saturated rings. The van der Waals surface area contributed by atoms with Crippen molar-refractivity contribution in [3.05, 3.63) is 35.8 Å². The van der Waals surface area contributed by atoms with Crippen molar-refractivity contribution in [2.75, 3.05) is 20.7 Å².